The first-order valence-electron chi connectivity index (χ1n) is 7.12. The summed E-state index contributed by atoms with van der Waals surface area (Å²) in [6.07, 6.45) is 2.03. The lowest BCUT2D eigenvalue weighted by atomic mass is 9.81. The molecule has 2 N–H and O–H groups in total. The van der Waals surface area contributed by atoms with Crippen LogP contribution in [0.1, 0.15) is 30.9 Å². The van der Waals surface area contributed by atoms with Crippen molar-refractivity contribution in [3.05, 3.63) is 35.4 Å². The van der Waals surface area contributed by atoms with E-state index >= 15 is 0 Å². The Morgan fingerprint density at radius 2 is 2.00 bits per heavy atom. The molecule has 4 nitrogen and oxygen atoms in total. The number of benzene rings is 1. The van der Waals surface area contributed by atoms with E-state index in [1.807, 2.05) is 31.2 Å². The molecule has 0 radical (unpaired) electrons. The summed E-state index contributed by atoms with van der Waals surface area (Å²) in [6.45, 7) is 6.59. The van der Waals surface area contributed by atoms with Gasteiger partial charge >= 0.3 is 0 Å². The Hall–Kier alpha value is -0.910. The van der Waals surface area contributed by atoms with Gasteiger partial charge in [-0.25, -0.2) is 13.1 Å². The normalized spacial score (nSPS) is 18.9. The van der Waals surface area contributed by atoms with Crippen LogP contribution in [0.15, 0.2) is 24.3 Å². The van der Waals surface area contributed by atoms with Crippen LogP contribution in [-0.2, 0) is 15.8 Å². The summed E-state index contributed by atoms with van der Waals surface area (Å²) >= 11 is 0. The Bertz CT molecular complexity index is 549. The summed E-state index contributed by atoms with van der Waals surface area (Å²) < 4.78 is 27.1. The molecule has 5 heteroatoms. The average molecular weight is 296 g/mol. The highest BCUT2D eigenvalue weighted by atomic mass is 32.2. The van der Waals surface area contributed by atoms with Crippen molar-refractivity contribution >= 4 is 10.0 Å². The van der Waals surface area contributed by atoms with Gasteiger partial charge in [-0.2, -0.15) is 0 Å². The van der Waals surface area contributed by atoms with E-state index in [0.717, 1.165) is 37.1 Å². The topological polar surface area (TPSA) is 58.2 Å². The van der Waals surface area contributed by atoms with Crippen LogP contribution in [0.2, 0.25) is 0 Å². The van der Waals surface area contributed by atoms with Crippen molar-refractivity contribution in [1.82, 2.24) is 10.0 Å². The fourth-order valence-corrected chi connectivity index (χ4v) is 3.85. The van der Waals surface area contributed by atoms with E-state index < -0.39 is 10.0 Å². The molecule has 0 atom stereocenters. The lowest BCUT2D eigenvalue weighted by Gasteiger charge is -2.34. The number of sulfonamides is 1. The fraction of sp³-hybridized carbons (Fsp3) is 0.600. The van der Waals surface area contributed by atoms with Gasteiger partial charge in [0, 0.05) is 6.54 Å². The quantitative estimate of drug-likeness (QED) is 0.871. The zero-order chi connectivity index (χ0) is 14.6. The molecule has 1 aliphatic rings. The smallest absolute Gasteiger partial charge is 0.215 e. The second-order valence-electron chi connectivity index (χ2n) is 6.13. The molecule has 0 spiro atoms. The predicted molar refractivity (Wildman–Crippen MR) is 82.0 cm³/mol. The molecule has 1 aromatic carbocycles. The van der Waals surface area contributed by atoms with Gasteiger partial charge in [-0.15, -0.1) is 0 Å². The van der Waals surface area contributed by atoms with Gasteiger partial charge in [0.25, 0.3) is 0 Å². The summed E-state index contributed by atoms with van der Waals surface area (Å²) in [5.41, 5.74) is 2.00. The highest BCUT2D eigenvalue weighted by Crippen LogP contribution is 2.27. The van der Waals surface area contributed by atoms with E-state index in [-0.39, 0.29) is 11.2 Å². The molecule has 1 saturated heterocycles. The van der Waals surface area contributed by atoms with E-state index in [0.29, 0.717) is 6.54 Å². The number of hydrogen-bond acceptors (Lipinski definition) is 3. The zero-order valence-corrected chi connectivity index (χ0v) is 13.1. The second kappa shape index (κ2) is 6.24. The van der Waals surface area contributed by atoms with Gasteiger partial charge < -0.3 is 5.32 Å². The lowest BCUT2D eigenvalue weighted by Crippen LogP contribution is -2.43. The minimum absolute atomic E-state index is 0.0585. The van der Waals surface area contributed by atoms with Gasteiger partial charge in [-0.1, -0.05) is 36.8 Å². The van der Waals surface area contributed by atoms with Crippen LogP contribution in [0.25, 0.3) is 0 Å². The third kappa shape index (κ3) is 4.58. The SMILES string of the molecule is Cc1cccc(CS(=O)(=O)NCC2(C)CCNCC2)c1. The first kappa shape index (κ1) is 15.5. The van der Waals surface area contributed by atoms with E-state index in [1.54, 1.807) is 0 Å². The van der Waals surface area contributed by atoms with Gasteiger partial charge in [-0.05, 0) is 43.8 Å². The summed E-state index contributed by atoms with van der Waals surface area (Å²) in [5.74, 6) is 0.0585. The maximum absolute atomic E-state index is 12.2. The molecule has 0 aliphatic carbocycles. The third-order valence-corrected chi connectivity index (χ3v) is 5.27. The Labute approximate surface area is 122 Å². The van der Waals surface area contributed by atoms with Gasteiger partial charge in [-0.3, -0.25) is 0 Å². The van der Waals surface area contributed by atoms with Crippen molar-refractivity contribution in [2.75, 3.05) is 19.6 Å². The summed E-state index contributed by atoms with van der Waals surface area (Å²) in [4.78, 5) is 0. The predicted octanol–water partition coefficient (Wildman–Crippen LogP) is 1.80. The molecule has 20 heavy (non-hydrogen) atoms. The summed E-state index contributed by atoms with van der Waals surface area (Å²) in [6, 6.07) is 7.65. The van der Waals surface area contributed by atoms with Crippen LogP contribution >= 0.6 is 0 Å². The Kier molecular flexibility index (Phi) is 4.83. The first-order valence-corrected chi connectivity index (χ1v) is 8.77. The number of rotatable bonds is 5. The van der Waals surface area contributed by atoms with Crippen LogP contribution < -0.4 is 10.0 Å². The van der Waals surface area contributed by atoms with Crippen LogP contribution in [0.4, 0.5) is 0 Å². The van der Waals surface area contributed by atoms with E-state index in [9.17, 15) is 8.42 Å². The molecule has 112 valence electrons. The lowest BCUT2D eigenvalue weighted by molar-refractivity contribution is 0.232. The maximum atomic E-state index is 12.2. The molecule has 0 aromatic heterocycles. The minimum Gasteiger partial charge on any atom is -0.317 e. The van der Waals surface area contributed by atoms with Gasteiger partial charge in [0.15, 0.2) is 0 Å². The Balaban J connectivity index is 1.94. The number of aryl methyl sites for hydroxylation is 1. The minimum atomic E-state index is -3.26. The molecular weight excluding hydrogens is 272 g/mol. The third-order valence-electron chi connectivity index (χ3n) is 3.97. The molecule has 2 rings (SSSR count). The highest BCUT2D eigenvalue weighted by Gasteiger charge is 2.28. The second-order valence-corrected chi connectivity index (χ2v) is 7.94. The van der Waals surface area contributed by atoms with E-state index in [1.165, 1.54) is 0 Å². The first-order chi connectivity index (χ1) is 9.39. The van der Waals surface area contributed by atoms with Crippen molar-refractivity contribution in [1.29, 1.82) is 0 Å². The number of nitrogens with one attached hydrogen (secondary N) is 2. The van der Waals surface area contributed by atoms with Crippen molar-refractivity contribution in [3.63, 3.8) is 0 Å². The molecule has 1 heterocycles. The molecule has 1 fully saturated rings. The highest BCUT2D eigenvalue weighted by molar-refractivity contribution is 7.88. The molecule has 0 unspecified atom stereocenters. The molecule has 0 saturated carbocycles. The Morgan fingerprint density at radius 1 is 1.30 bits per heavy atom. The van der Waals surface area contributed by atoms with Gasteiger partial charge in [0.2, 0.25) is 10.0 Å². The van der Waals surface area contributed by atoms with Gasteiger partial charge in [0.1, 0.15) is 0 Å². The molecule has 1 aliphatic heterocycles. The van der Waals surface area contributed by atoms with Crippen LogP contribution in [0.3, 0.4) is 0 Å². The molecule has 0 amide bonds. The van der Waals surface area contributed by atoms with Crippen molar-refractivity contribution < 1.29 is 8.42 Å². The van der Waals surface area contributed by atoms with Crippen molar-refractivity contribution in [3.8, 4) is 0 Å². The zero-order valence-electron chi connectivity index (χ0n) is 12.3. The standard InChI is InChI=1S/C15H24N2O2S/c1-13-4-3-5-14(10-13)11-20(18,19)17-12-15(2)6-8-16-9-7-15/h3-5,10,16-17H,6-9,11-12H2,1-2H3. The average Bonchev–Trinajstić information content (AvgIpc) is 2.37. The molecular formula is C15H24N2O2S. The molecule has 0 bridgehead atoms. The fourth-order valence-electron chi connectivity index (χ4n) is 2.56. The van der Waals surface area contributed by atoms with E-state index in [4.69, 9.17) is 0 Å². The van der Waals surface area contributed by atoms with Crippen molar-refractivity contribution in [2.45, 2.75) is 32.4 Å². The van der Waals surface area contributed by atoms with Crippen LogP contribution in [0.5, 0.6) is 0 Å². The van der Waals surface area contributed by atoms with Crippen LogP contribution in [0, 0.1) is 12.3 Å². The van der Waals surface area contributed by atoms with Crippen LogP contribution in [-0.4, -0.2) is 28.1 Å². The number of hydrogen-bond donors (Lipinski definition) is 2. The maximum Gasteiger partial charge on any atom is 0.215 e. The molecule has 1 aromatic rings. The largest absolute Gasteiger partial charge is 0.317 e. The Morgan fingerprint density at radius 3 is 2.65 bits per heavy atom. The summed E-state index contributed by atoms with van der Waals surface area (Å²) in [7, 11) is -3.26. The monoisotopic (exact) mass is 296 g/mol. The van der Waals surface area contributed by atoms with Crippen molar-refractivity contribution in [2.24, 2.45) is 5.41 Å². The van der Waals surface area contributed by atoms with E-state index in [2.05, 4.69) is 17.0 Å². The summed E-state index contributed by atoms with van der Waals surface area (Å²) in [5, 5.41) is 3.31. The van der Waals surface area contributed by atoms with Gasteiger partial charge in [0.05, 0.1) is 5.75 Å². The number of piperidine rings is 1.